The number of aromatic nitrogens is 3. The number of carbonyl (C=O) groups excluding carboxylic acids is 1. The van der Waals surface area contributed by atoms with Crippen molar-refractivity contribution in [3.05, 3.63) is 54.1 Å². The molecule has 1 aliphatic heterocycles. The predicted octanol–water partition coefficient (Wildman–Crippen LogP) is 2.64. The van der Waals surface area contributed by atoms with Crippen LogP contribution < -0.4 is 15.8 Å². The van der Waals surface area contributed by atoms with Crippen molar-refractivity contribution in [2.45, 2.75) is 12.8 Å². The normalized spacial score (nSPS) is 13.0. The van der Waals surface area contributed by atoms with E-state index in [9.17, 15) is 4.79 Å². The molecule has 2 aromatic heterocycles. The van der Waals surface area contributed by atoms with Gasteiger partial charge < -0.3 is 15.8 Å². The van der Waals surface area contributed by atoms with Gasteiger partial charge in [-0.25, -0.2) is 4.98 Å². The lowest BCUT2D eigenvalue weighted by atomic mass is 10.1. The molecule has 0 fully saturated rings. The fraction of sp³-hybridized carbons (Fsp3) is 0.211. The second-order valence-electron chi connectivity index (χ2n) is 6.29. The van der Waals surface area contributed by atoms with Crippen molar-refractivity contribution in [2.24, 2.45) is 7.05 Å². The van der Waals surface area contributed by atoms with Crippen LogP contribution in [0.25, 0.3) is 11.1 Å². The van der Waals surface area contributed by atoms with Gasteiger partial charge in [0.15, 0.2) is 0 Å². The fourth-order valence-corrected chi connectivity index (χ4v) is 2.98. The van der Waals surface area contributed by atoms with Crippen molar-refractivity contribution in [3.8, 4) is 16.9 Å². The number of pyridine rings is 1. The van der Waals surface area contributed by atoms with Crippen LogP contribution in [0, 0.1) is 0 Å². The summed E-state index contributed by atoms with van der Waals surface area (Å²) in [6, 6.07) is 7.29. The SMILES string of the molecule is Cn1cc(-c2ccc(N)c(NC(=O)c3cc4c(cn3)OCCC4)c2)cn1. The van der Waals surface area contributed by atoms with E-state index in [4.69, 9.17) is 10.5 Å². The van der Waals surface area contributed by atoms with Crippen LogP contribution in [0.3, 0.4) is 0 Å². The number of hydrogen-bond donors (Lipinski definition) is 2. The Kier molecular flexibility index (Phi) is 4.04. The molecule has 4 rings (SSSR count). The van der Waals surface area contributed by atoms with Gasteiger partial charge in [-0.2, -0.15) is 5.10 Å². The number of aryl methyl sites for hydroxylation is 2. The first-order valence-corrected chi connectivity index (χ1v) is 8.42. The van der Waals surface area contributed by atoms with Gasteiger partial charge in [0.1, 0.15) is 11.4 Å². The van der Waals surface area contributed by atoms with Crippen molar-refractivity contribution in [1.29, 1.82) is 0 Å². The smallest absolute Gasteiger partial charge is 0.274 e. The molecule has 0 radical (unpaired) electrons. The minimum atomic E-state index is -0.298. The molecular weight excluding hydrogens is 330 g/mol. The van der Waals surface area contributed by atoms with E-state index in [-0.39, 0.29) is 5.91 Å². The van der Waals surface area contributed by atoms with Gasteiger partial charge in [-0.05, 0) is 42.2 Å². The minimum absolute atomic E-state index is 0.298. The van der Waals surface area contributed by atoms with Crippen molar-refractivity contribution in [1.82, 2.24) is 14.8 Å². The fourth-order valence-electron chi connectivity index (χ4n) is 2.98. The number of hydrogen-bond acceptors (Lipinski definition) is 5. The second-order valence-corrected chi connectivity index (χ2v) is 6.29. The summed E-state index contributed by atoms with van der Waals surface area (Å²) in [5.41, 5.74) is 10.3. The summed E-state index contributed by atoms with van der Waals surface area (Å²) in [7, 11) is 1.86. The van der Waals surface area contributed by atoms with Crippen molar-refractivity contribution >= 4 is 17.3 Å². The van der Waals surface area contributed by atoms with Crippen LogP contribution in [0.4, 0.5) is 11.4 Å². The first-order valence-electron chi connectivity index (χ1n) is 8.42. The van der Waals surface area contributed by atoms with Crippen molar-refractivity contribution < 1.29 is 9.53 Å². The first-order chi connectivity index (χ1) is 12.6. The summed E-state index contributed by atoms with van der Waals surface area (Å²) >= 11 is 0. The number of rotatable bonds is 3. The van der Waals surface area contributed by atoms with Crippen LogP contribution in [0.15, 0.2) is 42.9 Å². The molecule has 7 heteroatoms. The average Bonchev–Trinajstić information content (AvgIpc) is 3.09. The van der Waals surface area contributed by atoms with E-state index in [1.807, 2.05) is 25.4 Å². The molecule has 132 valence electrons. The Balaban J connectivity index is 1.59. The number of fused-ring (bicyclic) bond motifs is 1. The van der Waals surface area contributed by atoms with Gasteiger partial charge in [0.05, 0.1) is 30.4 Å². The number of nitrogens with zero attached hydrogens (tertiary/aromatic N) is 3. The molecule has 3 heterocycles. The summed E-state index contributed by atoms with van der Waals surface area (Å²) in [5, 5.41) is 7.03. The van der Waals surface area contributed by atoms with Gasteiger partial charge in [-0.15, -0.1) is 0 Å². The third-order valence-corrected chi connectivity index (χ3v) is 4.37. The highest BCUT2D eigenvalue weighted by Gasteiger charge is 2.16. The zero-order valence-electron chi connectivity index (χ0n) is 14.4. The standard InChI is InChI=1S/C19H19N5O2/c1-24-11-14(9-22-24)12-4-5-15(20)16(7-12)23-19(25)17-8-13-3-2-6-26-18(13)10-21-17/h4-5,7-11H,2-3,6,20H2,1H3,(H,23,25). The van der Waals surface area contributed by atoms with Crippen LogP contribution in [-0.4, -0.2) is 27.3 Å². The van der Waals surface area contributed by atoms with E-state index in [2.05, 4.69) is 15.4 Å². The minimum Gasteiger partial charge on any atom is -0.492 e. The molecule has 0 atom stereocenters. The molecule has 3 N–H and O–H groups in total. The van der Waals surface area contributed by atoms with Gasteiger partial charge in [0, 0.05) is 18.8 Å². The largest absolute Gasteiger partial charge is 0.492 e. The Labute approximate surface area is 150 Å². The maximum absolute atomic E-state index is 12.6. The Hall–Kier alpha value is -3.35. The monoisotopic (exact) mass is 349 g/mol. The number of anilines is 2. The Bertz CT molecular complexity index is 980. The molecule has 3 aromatic rings. The second kappa shape index (κ2) is 6.51. The van der Waals surface area contributed by atoms with Crippen LogP contribution in [-0.2, 0) is 13.5 Å². The number of carbonyl (C=O) groups is 1. The number of benzene rings is 1. The number of nitrogen functional groups attached to an aromatic ring is 1. The van der Waals surface area contributed by atoms with E-state index in [1.165, 1.54) is 0 Å². The first kappa shape index (κ1) is 16.1. The third kappa shape index (κ3) is 3.11. The molecule has 1 aromatic carbocycles. The van der Waals surface area contributed by atoms with E-state index in [0.29, 0.717) is 23.7 Å². The lowest BCUT2D eigenvalue weighted by Gasteiger charge is -2.17. The number of ether oxygens (including phenoxy) is 1. The lowest BCUT2D eigenvalue weighted by Crippen LogP contribution is -2.17. The average molecular weight is 349 g/mol. The van der Waals surface area contributed by atoms with Crippen LogP contribution in [0.1, 0.15) is 22.5 Å². The molecule has 7 nitrogen and oxygen atoms in total. The molecule has 0 aliphatic carbocycles. The lowest BCUT2D eigenvalue weighted by molar-refractivity contribution is 0.102. The summed E-state index contributed by atoms with van der Waals surface area (Å²) in [5.74, 6) is 0.458. The van der Waals surface area contributed by atoms with E-state index >= 15 is 0 Å². The van der Waals surface area contributed by atoms with Gasteiger partial charge >= 0.3 is 0 Å². The number of nitrogens with one attached hydrogen (secondary N) is 1. The van der Waals surface area contributed by atoms with Gasteiger partial charge in [-0.1, -0.05) is 6.07 Å². The van der Waals surface area contributed by atoms with Crippen LogP contribution in [0.5, 0.6) is 5.75 Å². The Morgan fingerprint density at radius 3 is 2.96 bits per heavy atom. The summed E-state index contributed by atoms with van der Waals surface area (Å²) < 4.78 is 7.27. The quantitative estimate of drug-likeness (QED) is 0.709. The topological polar surface area (TPSA) is 95.1 Å². The van der Waals surface area contributed by atoms with Crippen molar-refractivity contribution in [2.75, 3.05) is 17.7 Å². The zero-order valence-corrected chi connectivity index (χ0v) is 14.4. The predicted molar refractivity (Wildman–Crippen MR) is 99.1 cm³/mol. The number of amides is 1. The molecule has 1 amide bonds. The Morgan fingerprint density at radius 2 is 2.15 bits per heavy atom. The van der Waals surface area contributed by atoms with Crippen LogP contribution >= 0.6 is 0 Å². The Morgan fingerprint density at radius 1 is 1.27 bits per heavy atom. The van der Waals surface area contributed by atoms with E-state index in [0.717, 1.165) is 35.3 Å². The molecule has 0 unspecified atom stereocenters. The molecule has 0 spiro atoms. The van der Waals surface area contributed by atoms with Gasteiger partial charge in [0.2, 0.25) is 0 Å². The maximum atomic E-state index is 12.6. The molecule has 26 heavy (non-hydrogen) atoms. The summed E-state index contributed by atoms with van der Waals surface area (Å²) in [4.78, 5) is 16.8. The molecule has 0 bridgehead atoms. The van der Waals surface area contributed by atoms with Gasteiger partial charge in [0.25, 0.3) is 5.91 Å². The molecule has 0 saturated carbocycles. The van der Waals surface area contributed by atoms with Crippen LogP contribution in [0.2, 0.25) is 0 Å². The number of nitrogens with two attached hydrogens (primary N) is 1. The van der Waals surface area contributed by atoms with Crippen molar-refractivity contribution in [3.63, 3.8) is 0 Å². The molecule has 1 aliphatic rings. The van der Waals surface area contributed by atoms with Gasteiger partial charge in [-0.3, -0.25) is 9.48 Å². The van der Waals surface area contributed by atoms with E-state index < -0.39 is 0 Å². The summed E-state index contributed by atoms with van der Waals surface area (Å²) in [6.07, 6.45) is 7.11. The zero-order chi connectivity index (χ0) is 18.1. The van der Waals surface area contributed by atoms with E-state index in [1.54, 1.807) is 29.2 Å². The summed E-state index contributed by atoms with van der Waals surface area (Å²) in [6.45, 7) is 0.692. The third-order valence-electron chi connectivity index (χ3n) is 4.37. The maximum Gasteiger partial charge on any atom is 0.274 e. The highest BCUT2D eigenvalue weighted by atomic mass is 16.5. The highest BCUT2D eigenvalue weighted by Crippen LogP contribution is 2.28. The molecular formula is C19H19N5O2. The highest BCUT2D eigenvalue weighted by molar-refractivity contribution is 6.05. The molecule has 0 saturated heterocycles.